The molecule has 0 saturated carbocycles. The molecule has 0 atom stereocenters. The maximum absolute atomic E-state index is 13.8. The number of benzene rings is 5. The number of rotatable bonds is 4. The maximum atomic E-state index is 13.8. The Hall–Kier alpha value is -4.70. The second-order valence-electron chi connectivity index (χ2n) is 9.80. The second-order valence-corrected chi connectivity index (χ2v) is 9.80. The monoisotopic (exact) mass is 480 g/mol. The Bertz CT molecular complexity index is 1640. The van der Waals surface area contributed by atoms with Gasteiger partial charge in [-0.05, 0) is 44.8 Å². The van der Waals surface area contributed by atoms with Crippen LogP contribution in [0, 0.1) is 0 Å². The van der Waals surface area contributed by atoms with Crippen molar-refractivity contribution in [2.45, 2.75) is 13.1 Å². The zero-order chi connectivity index (χ0) is 24.9. The van der Waals surface area contributed by atoms with Crippen molar-refractivity contribution in [3.63, 3.8) is 0 Å². The van der Waals surface area contributed by atoms with Gasteiger partial charge in [0.25, 0.3) is 0 Å². The first-order valence-electron chi connectivity index (χ1n) is 12.5. The molecule has 0 bridgehead atoms. The molecule has 5 aromatic rings. The molecule has 178 valence electrons. The van der Waals surface area contributed by atoms with Gasteiger partial charge in [0.2, 0.25) is 11.6 Å². The quantitative estimate of drug-likeness (QED) is 0.292. The van der Waals surface area contributed by atoms with Crippen molar-refractivity contribution in [3.8, 4) is 0 Å². The minimum atomic E-state index is -0.0769. The van der Waals surface area contributed by atoms with Crippen LogP contribution in [0.3, 0.4) is 0 Å². The topological polar surface area (TPSA) is 40.6 Å². The SMILES string of the molecule is O=C1C2=C(C(=O)c3ccccc31)N(Cc1ccc3ccccc3c1)CN2Cc1ccc2ccccc2c1. The van der Waals surface area contributed by atoms with E-state index in [1.165, 1.54) is 10.8 Å². The molecule has 0 radical (unpaired) electrons. The number of nitrogens with zero attached hydrogens (tertiary/aromatic N) is 2. The standard InChI is InChI=1S/C33H24N2O2/c36-32-28-11-5-6-12-29(28)33(37)31-30(32)34(19-22-13-15-24-7-1-3-9-26(24)17-22)21-35(31)20-23-14-16-25-8-2-4-10-27(25)18-23/h1-18H,19-21H2. The van der Waals surface area contributed by atoms with E-state index in [1.54, 1.807) is 12.1 Å². The molecule has 4 nitrogen and oxygen atoms in total. The van der Waals surface area contributed by atoms with Gasteiger partial charge in [-0.15, -0.1) is 0 Å². The van der Waals surface area contributed by atoms with E-state index in [4.69, 9.17) is 0 Å². The number of hydrogen-bond donors (Lipinski definition) is 0. The first-order chi connectivity index (χ1) is 18.2. The Morgan fingerprint density at radius 1 is 0.486 bits per heavy atom. The first kappa shape index (κ1) is 21.6. The van der Waals surface area contributed by atoms with E-state index in [1.807, 2.05) is 36.4 Å². The number of hydrogen-bond acceptors (Lipinski definition) is 4. The summed E-state index contributed by atoms with van der Waals surface area (Å²) in [6.45, 7) is 1.59. The van der Waals surface area contributed by atoms with Crippen LogP contribution in [-0.4, -0.2) is 28.0 Å². The smallest absolute Gasteiger partial charge is 0.212 e. The fourth-order valence-corrected chi connectivity index (χ4v) is 5.66. The summed E-state index contributed by atoms with van der Waals surface area (Å²) >= 11 is 0. The summed E-state index contributed by atoms with van der Waals surface area (Å²) in [6, 6.07) is 36.5. The van der Waals surface area contributed by atoms with Crippen LogP contribution in [0.5, 0.6) is 0 Å². The minimum Gasteiger partial charge on any atom is -0.344 e. The predicted molar refractivity (Wildman–Crippen MR) is 146 cm³/mol. The lowest BCUT2D eigenvalue weighted by atomic mass is 9.90. The fourth-order valence-electron chi connectivity index (χ4n) is 5.66. The molecular weight excluding hydrogens is 456 g/mol. The number of fused-ring (bicyclic) bond motifs is 3. The molecule has 0 aromatic heterocycles. The van der Waals surface area contributed by atoms with Gasteiger partial charge in [0.05, 0.1) is 6.67 Å². The molecule has 1 heterocycles. The van der Waals surface area contributed by atoms with Gasteiger partial charge >= 0.3 is 0 Å². The molecule has 5 aromatic carbocycles. The third-order valence-electron chi connectivity index (χ3n) is 7.42. The Kier molecular flexibility index (Phi) is 4.93. The average molecular weight is 481 g/mol. The maximum Gasteiger partial charge on any atom is 0.212 e. The Morgan fingerprint density at radius 3 is 1.35 bits per heavy atom. The van der Waals surface area contributed by atoms with Gasteiger partial charge < -0.3 is 9.80 Å². The highest BCUT2D eigenvalue weighted by atomic mass is 16.1. The van der Waals surface area contributed by atoms with Gasteiger partial charge in [0.1, 0.15) is 11.4 Å². The summed E-state index contributed by atoms with van der Waals surface area (Å²) in [5.74, 6) is -0.154. The van der Waals surface area contributed by atoms with Crippen LogP contribution in [-0.2, 0) is 13.1 Å². The Morgan fingerprint density at radius 2 is 0.892 bits per heavy atom. The zero-order valence-electron chi connectivity index (χ0n) is 20.2. The van der Waals surface area contributed by atoms with Crippen molar-refractivity contribution >= 4 is 33.1 Å². The van der Waals surface area contributed by atoms with E-state index in [-0.39, 0.29) is 11.6 Å². The second kappa shape index (κ2) is 8.45. The lowest BCUT2D eigenvalue weighted by Crippen LogP contribution is -2.28. The van der Waals surface area contributed by atoms with E-state index >= 15 is 0 Å². The Labute approximate surface area is 215 Å². The lowest BCUT2D eigenvalue weighted by molar-refractivity contribution is 0.0949. The molecule has 2 aliphatic rings. The molecule has 0 amide bonds. The van der Waals surface area contributed by atoms with Crippen molar-refractivity contribution in [3.05, 3.63) is 143 Å². The third-order valence-corrected chi connectivity index (χ3v) is 7.42. The van der Waals surface area contributed by atoms with Crippen molar-refractivity contribution < 1.29 is 9.59 Å². The van der Waals surface area contributed by atoms with Crippen LogP contribution in [0.15, 0.2) is 121 Å². The number of carbonyl (C=O) groups excluding carboxylic acids is 2. The van der Waals surface area contributed by atoms with E-state index in [0.29, 0.717) is 42.3 Å². The number of allylic oxidation sites excluding steroid dienone is 2. The van der Waals surface area contributed by atoms with Crippen LogP contribution in [0.4, 0.5) is 0 Å². The van der Waals surface area contributed by atoms with Crippen LogP contribution in [0.1, 0.15) is 31.8 Å². The van der Waals surface area contributed by atoms with Crippen LogP contribution >= 0.6 is 0 Å². The van der Waals surface area contributed by atoms with E-state index in [2.05, 4.69) is 70.5 Å². The summed E-state index contributed by atoms with van der Waals surface area (Å²) < 4.78 is 0. The minimum absolute atomic E-state index is 0.0769. The number of Topliss-reactive ketones (excluding diaryl/α,β-unsaturated/α-hetero) is 2. The van der Waals surface area contributed by atoms with E-state index in [9.17, 15) is 9.59 Å². The molecule has 4 heteroatoms. The fraction of sp³-hybridized carbons (Fsp3) is 0.0909. The molecule has 0 unspecified atom stereocenters. The molecule has 0 spiro atoms. The normalized spacial score (nSPS) is 15.0. The Balaban J connectivity index is 1.28. The van der Waals surface area contributed by atoms with Gasteiger partial charge in [0, 0.05) is 24.2 Å². The van der Waals surface area contributed by atoms with Crippen LogP contribution in [0.25, 0.3) is 21.5 Å². The number of ketones is 2. The summed E-state index contributed by atoms with van der Waals surface area (Å²) in [7, 11) is 0. The van der Waals surface area contributed by atoms with Crippen molar-refractivity contribution in [2.24, 2.45) is 0 Å². The summed E-state index contributed by atoms with van der Waals surface area (Å²) in [5.41, 5.74) is 4.22. The van der Waals surface area contributed by atoms with E-state index < -0.39 is 0 Å². The predicted octanol–water partition coefficient (Wildman–Crippen LogP) is 6.56. The van der Waals surface area contributed by atoms with Gasteiger partial charge in [-0.25, -0.2) is 0 Å². The highest BCUT2D eigenvalue weighted by Gasteiger charge is 2.42. The molecule has 37 heavy (non-hydrogen) atoms. The molecule has 1 aliphatic carbocycles. The summed E-state index contributed by atoms with van der Waals surface area (Å²) in [4.78, 5) is 31.6. The van der Waals surface area contributed by atoms with Crippen molar-refractivity contribution in [1.29, 1.82) is 0 Å². The highest BCUT2D eigenvalue weighted by molar-refractivity contribution is 6.26. The molecule has 1 aliphatic heterocycles. The molecule has 7 rings (SSSR count). The van der Waals surface area contributed by atoms with Gasteiger partial charge in [-0.1, -0.05) is 97.1 Å². The molecule has 0 fully saturated rings. The molecular formula is C33H24N2O2. The molecule has 0 N–H and O–H groups in total. The summed E-state index contributed by atoms with van der Waals surface area (Å²) in [5, 5.41) is 4.70. The van der Waals surface area contributed by atoms with Gasteiger partial charge in [0.15, 0.2) is 0 Å². The largest absolute Gasteiger partial charge is 0.344 e. The lowest BCUT2D eigenvalue weighted by Gasteiger charge is -2.24. The first-order valence-corrected chi connectivity index (χ1v) is 12.5. The zero-order valence-corrected chi connectivity index (χ0v) is 20.2. The van der Waals surface area contributed by atoms with Gasteiger partial charge in [-0.2, -0.15) is 0 Å². The highest BCUT2D eigenvalue weighted by Crippen LogP contribution is 2.37. The average Bonchev–Trinajstić information content (AvgIpc) is 3.29. The molecule has 0 saturated heterocycles. The number of carbonyl (C=O) groups is 2. The van der Waals surface area contributed by atoms with E-state index in [0.717, 1.165) is 21.9 Å². The van der Waals surface area contributed by atoms with Gasteiger partial charge in [-0.3, -0.25) is 9.59 Å². The van der Waals surface area contributed by atoms with Crippen LogP contribution < -0.4 is 0 Å². The van der Waals surface area contributed by atoms with Crippen molar-refractivity contribution in [2.75, 3.05) is 6.67 Å². The third kappa shape index (κ3) is 3.61. The van der Waals surface area contributed by atoms with Crippen LogP contribution in [0.2, 0.25) is 0 Å². The van der Waals surface area contributed by atoms with Crippen molar-refractivity contribution in [1.82, 2.24) is 9.80 Å². The summed E-state index contributed by atoms with van der Waals surface area (Å²) in [6.07, 6.45) is 0.